The number of anilines is 1. The van der Waals surface area contributed by atoms with E-state index in [0.717, 1.165) is 51.4 Å². The monoisotopic (exact) mass is 486 g/mol. The van der Waals surface area contributed by atoms with Gasteiger partial charge in [0.2, 0.25) is 5.91 Å². The minimum Gasteiger partial charge on any atom is -0.326 e. The van der Waals surface area contributed by atoms with Crippen LogP contribution in [0.4, 0.5) is 18.9 Å². The van der Waals surface area contributed by atoms with Gasteiger partial charge in [0.1, 0.15) is 5.65 Å². The van der Waals surface area contributed by atoms with Crippen LogP contribution in [0.15, 0.2) is 91.4 Å². The molecule has 8 heteroatoms. The Labute approximate surface area is 205 Å². The van der Waals surface area contributed by atoms with Gasteiger partial charge in [0, 0.05) is 29.3 Å². The summed E-state index contributed by atoms with van der Waals surface area (Å²) >= 11 is 0. The molecule has 0 saturated carbocycles. The molecule has 0 spiro atoms. The number of imidazole rings is 1. The van der Waals surface area contributed by atoms with Crippen LogP contribution in [0.25, 0.3) is 28.0 Å². The average Bonchev–Trinajstić information content (AvgIpc) is 3.27. The Morgan fingerprint density at radius 2 is 1.69 bits per heavy atom. The molecule has 0 aliphatic rings. The molecule has 36 heavy (non-hydrogen) atoms. The number of halogens is 3. The third kappa shape index (κ3) is 4.98. The number of aromatic nitrogens is 3. The van der Waals surface area contributed by atoms with E-state index in [1.54, 1.807) is 12.4 Å². The predicted octanol–water partition coefficient (Wildman–Crippen LogP) is 6.57. The highest BCUT2D eigenvalue weighted by atomic mass is 19.4. The molecule has 3 heterocycles. The third-order valence-corrected chi connectivity index (χ3v) is 5.83. The van der Waals surface area contributed by atoms with Gasteiger partial charge in [-0.2, -0.15) is 13.2 Å². The first-order chi connectivity index (χ1) is 17.3. The van der Waals surface area contributed by atoms with Gasteiger partial charge in [0.15, 0.2) is 0 Å². The van der Waals surface area contributed by atoms with Crippen molar-refractivity contribution >= 4 is 17.2 Å². The van der Waals surface area contributed by atoms with Crippen molar-refractivity contribution in [1.82, 2.24) is 14.4 Å². The van der Waals surface area contributed by atoms with E-state index in [1.165, 1.54) is 12.1 Å². The van der Waals surface area contributed by atoms with Crippen LogP contribution in [0, 0.1) is 6.92 Å². The largest absolute Gasteiger partial charge is 0.416 e. The highest BCUT2D eigenvalue weighted by Crippen LogP contribution is 2.31. The third-order valence-electron chi connectivity index (χ3n) is 5.83. The molecule has 0 aliphatic heterocycles. The first kappa shape index (κ1) is 23.3. The summed E-state index contributed by atoms with van der Waals surface area (Å²) in [6.45, 7) is 1.95. The number of nitrogens with one attached hydrogen (secondary N) is 1. The molecule has 0 aliphatic carbocycles. The highest BCUT2D eigenvalue weighted by Gasteiger charge is 2.30. The van der Waals surface area contributed by atoms with E-state index in [9.17, 15) is 18.0 Å². The lowest BCUT2D eigenvalue weighted by atomic mass is 10.1. The fourth-order valence-corrected chi connectivity index (χ4v) is 4.06. The summed E-state index contributed by atoms with van der Waals surface area (Å²) in [6.07, 6.45) is 1.13. The summed E-state index contributed by atoms with van der Waals surface area (Å²) in [6, 6.07) is 20.1. The molecule has 5 aromatic rings. The number of carbonyl (C=O) groups is 1. The van der Waals surface area contributed by atoms with Crippen molar-refractivity contribution in [3.8, 4) is 22.4 Å². The molecule has 1 N–H and O–H groups in total. The number of pyridine rings is 2. The zero-order chi connectivity index (χ0) is 25.3. The van der Waals surface area contributed by atoms with Crippen molar-refractivity contribution in [2.45, 2.75) is 19.5 Å². The van der Waals surface area contributed by atoms with E-state index in [4.69, 9.17) is 0 Å². The number of nitrogens with zero attached hydrogens (tertiary/aromatic N) is 3. The molecule has 5 nitrogen and oxygen atoms in total. The van der Waals surface area contributed by atoms with E-state index < -0.39 is 17.6 Å². The molecular weight excluding hydrogens is 465 g/mol. The normalized spacial score (nSPS) is 11.6. The molecule has 0 radical (unpaired) electrons. The summed E-state index contributed by atoms with van der Waals surface area (Å²) in [5.41, 5.74) is 5.75. The maximum Gasteiger partial charge on any atom is 0.416 e. The summed E-state index contributed by atoms with van der Waals surface area (Å²) < 4.78 is 40.7. The standard InChI is InChI=1S/C28H21F3N4O/c1-18-13-21(9-11-32-18)22-10-12-35-25(17-33-26(35)15-22)20-7-5-19(6-8-20)14-27(36)34-24-4-2-3-23(16-24)28(29,30)31/h2-13,15-17H,14H2,1H3,(H,34,36). The van der Waals surface area contributed by atoms with Gasteiger partial charge < -0.3 is 5.32 Å². The minimum absolute atomic E-state index is 0.0401. The second kappa shape index (κ2) is 9.30. The van der Waals surface area contributed by atoms with Crippen molar-refractivity contribution in [2.24, 2.45) is 0 Å². The van der Waals surface area contributed by atoms with Crippen LogP contribution < -0.4 is 5.32 Å². The van der Waals surface area contributed by atoms with Crippen molar-refractivity contribution in [2.75, 3.05) is 5.32 Å². The second-order valence-corrected chi connectivity index (χ2v) is 8.47. The first-order valence-electron chi connectivity index (χ1n) is 11.2. The molecule has 0 fully saturated rings. The fraction of sp³-hybridized carbons (Fsp3) is 0.107. The average molecular weight is 486 g/mol. The predicted molar refractivity (Wildman–Crippen MR) is 132 cm³/mol. The Balaban J connectivity index is 1.30. The van der Waals surface area contributed by atoms with Crippen LogP contribution in [0.5, 0.6) is 0 Å². The number of fused-ring (bicyclic) bond motifs is 1. The number of rotatable bonds is 5. The van der Waals surface area contributed by atoms with Crippen LogP contribution >= 0.6 is 0 Å². The zero-order valence-electron chi connectivity index (χ0n) is 19.3. The van der Waals surface area contributed by atoms with Gasteiger partial charge in [0.05, 0.1) is 23.9 Å². The fourth-order valence-electron chi connectivity index (χ4n) is 4.06. The van der Waals surface area contributed by atoms with E-state index >= 15 is 0 Å². The number of carbonyl (C=O) groups excluding carboxylic acids is 1. The zero-order valence-corrected chi connectivity index (χ0v) is 19.3. The number of aryl methyl sites for hydroxylation is 1. The molecule has 2 aromatic carbocycles. The molecule has 180 valence electrons. The van der Waals surface area contributed by atoms with Crippen molar-refractivity contribution in [3.63, 3.8) is 0 Å². The van der Waals surface area contributed by atoms with Crippen LogP contribution in [0.2, 0.25) is 0 Å². The van der Waals surface area contributed by atoms with Crippen molar-refractivity contribution in [1.29, 1.82) is 0 Å². The molecule has 5 rings (SSSR count). The Bertz CT molecular complexity index is 1560. The van der Waals surface area contributed by atoms with Gasteiger partial charge in [0.25, 0.3) is 0 Å². The summed E-state index contributed by atoms with van der Waals surface area (Å²) in [5.74, 6) is -0.393. The summed E-state index contributed by atoms with van der Waals surface area (Å²) in [4.78, 5) is 21.2. The van der Waals surface area contributed by atoms with Gasteiger partial charge >= 0.3 is 6.18 Å². The molecule has 0 bridgehead atoms. The number of alkyl halides is 3. The molecule has 0 saturated heterocycles. The van der Waals surface area contributed by atoms with Crippen LogP contribution in [0.3, 0.4) is 0 Å². The smallest absolute Gasteiger partial charge is 0.326 e. The summed E-state index contributed by atoms with van der Waals surface area (Å²) in [5, 5.41) is 2.53. The van der Waals surface area contributed by atoms with Gasteiger partial charge in [-0.05, 0) is 66.1 Å². The molecule has 0 atom stereocenters. The Morgan fingerprint density at radius 1 is 0.917 bits per heavy atom. The minimum atomic E-state index is -4.46. The number of hydrogen-bond donors (Lipinski definition) is 1. The SMILES string of the molecule is Cc1cc(-c2ccn3c(-c4ccc(CC(=O)Nc5cccc(C(F)(F)F)c5)cc4)cnc3c2)ccn1. The van der Waals surface area contributed by atoms with Crippen LogP contribution in [-0.4, -0.2) is 20.3 Å². The number of hydrogen-bond acceptors (Lipinski definition) is 3. The second-order valence-electron chi connectivity index (χ2n) is 8.47. The van der Waals surface area contributed by atoms with Gasteiger partial charge in [-0.25, -0.2) is 4.98 Å². The molecule has 3 aromatic heterocycles. The van der Waals surface area contributed by atoms with E-state index in [0.29, 0.717) is 0 Å². The maximum atomic E-state index is 12.9. The van der Waals surface area contributed by atoms with Crippen molar-refractivity contribution < 1.29 is 18.0 Å². The first-order valence-corrected chi connectivity index (χ1v) is 11.2. The Kier molecular flexibility index (Phi) is 6.01. The Morgan fingerprint density at radius 3 is 2.44 bits per heavy atom. The maximum absolute atomic E-state index is 12.9. The van der Waals surface area contributed by atoms with Gasteiger partial charge in [-0.15, -0.1) is 0 Å². The Hall–Kier alpha value is -4.46. The lowest BCUT2D eigenvalue weighted by Crippen LogP contribution is -2.15. The summed E-state index contributed by atoms with van der Waals surface area (Å²) in [7, 11) is 0. The lowest BCUT2D eigenvalue weighted by molar-refractivity contribution is -0.137. The number of benzene rings is 2. The topological polar surface area (TPSA) is 59.3 Å². The quantitative estimate of drug-likeness (QED) is 0.306. The van der Waals surface area contributed by atoms with E-state index in [1.807, 2.05) is 66.1 Å². The highest BCUT2D eigenvalue weighted by molar-refractivity contribution is 5.92. The van der Waals surface area contributed by atoms with Crippen molar-refractivity contribution in [3.05, 3.63) is 108 Å². The molecular formula is C28H21F3N4O. The lowest BCUT2D eigenvalue weighted by Gasteiger charge is -2.10. The molecule has 0 unspecified atom stereocenters. The van der Waals surface area contributed by atoms with E-state index in [2.05, 4.69) is 15.3 Å². The number of amides is 1. The van der Waals surface area contributed by atoms with Gasteiger partial charge in [-0.3, -0.25) is 14.2 Å². The van der Waals surface area contributed by atoms with Gasteiger partial charge in [-0.1, -0.05) is 30.3 Å². The molecule has 1 amide bonds. The van der Waals surface area contributed by atoms with E-state index in [-0.39, 0.29) is 12.1 Å². The van der Waals surface area contributed by atoms with Crippen LogP contribution in [-0.2, 0) is 17.4 Å². The van der Waals surface area contributed by atoms with Crippen LogP contribution in [0.1, 0.15) is 16.8 Å².